The summed E-state index contributed by atoms with van der Waals surface area (Å²) in [6.07, 6.45) is 0.473. The van der Waals surface area contributed by atoms with Gasteiger partial charge in [-0.05, 0) is 71.2 Å². The van der Waals surface area contributed by atoms with E-state index in [1.54, 1.807) is 19.1 Å². The lowest BCUT2D eigenvalue weighted by Crippen LogP contribution is -2.58. The summed E-state index contributed by atoms with van der Waals surface area (Å²) in [5, 5.41) is 13.6. The van der Waals surface area contributed by atoms with E-state index >= 15 is 0 Å². The van der Waals surface area contributed by atoms with Crippen LogP contribution in [0.25, 0.3) is 0 Å². The van der Waals surface area contributed by atoms with E-state index in [-0.39, 0.29) is 95.3 Å². The number of carbonyl (C=O) groups excluding carboxylic acids is 3. The number of amides is 2. The molecule has 5 rings (SSSR count). The zero-order valence-electron chi connectivity index (χ0n) is 41.0. The van der Waals surface area contributed by atoms with E-state index in [1.165, 1.54) is 13.8 Å². The molecular weight excluding hydrogens is 885 g/mol. The molecule has 2 N–H and O–H groups in total. The maximum Gasteiger partial charge on any atom is 0.410 e. The highest BCUT2D eigenvalue weighted by Crippen LogP contribution is 2.42. The Kier molecular flexibility index (Phi) is 22.7. The number of esters is 1. The van der Waals surface area contributed by atoms with Crippen LogP contribution in [0.2, 0.25) is 0 Å². The van der Waals surface area contributed by atoms with Gasteiger partial charge in [0.2, 0.25) is 5.91 Å². The van der Waals surface area contributed by atoms with Crippen molar-refractivity contribution < 1.29 is 62.1 Å². The number of rotatable bonds is 29. The quantitative estimate of drug-likeness (QED) is 0.0311. The molecule has 1 saturated heterocycles. The van der Waals surface area contributed by atoms with Gasteiger partial charge in [0.25, 0.3) is 0 Å². The summed E-state index contributed by atoms with van der Waals surface area (Å²) >= 11 is 0. The SMILES string of the molecule is COc1ccc(C(OCC(CO)CCCCN(CCOCCOCCOC2OC(COC(C)=O)C(C)C(C)C2NC(C)=O)C(=O)OCc2ccccc2)(c2ccccc2)c2ccc(OC)cc2)cc1. The van der Waals surface area contributed by atoms with Crippen LogP contribution in [0, 0.1) is 17.8 Å². The summed E-state index contributed by atoms with van der Waals surface area (Å²) in [6, 6.07) is 34.9. The van der Waals surface area contributed by atoms with E-state index in [9.17, 15) is 19.5 Å². The molecular formula is C54H72N2O13. The Morgan fingerprint density at radius 3 is 1.87 bits per heavy atom. The minimum absolute atomic E-state index is 0.00133. The molecule has 1 aliphatic heterocycles. The van der Waals surface area contributed by atoms with Gasteiger partial charge in [-0.25, -0.2) is 4.79 Å². The van der Waals surface area contributed by atoms with Gasteiger partial charge in [-0.1, -0.05) is 105 Å². The fourth-order valence-corrected chi connectivity index (χ4v) is 8.37. The van der Waals surface area contributed by atoms with Crippen LogP contribution in [0.5, 0.6) is 11.5 Å². The van der Waals surface area contributed by atoms with Crippen LogP contribution in [-0.2, 0) is 55.0 Å². The molecule has 15 nitrogen and oxygen atoms in total. The second-order valence-corrected chi connectivity index (χ2v) is 17.3. The molecule has 6 unspecified atom stereocenters. The van der Waals surface area contributed by atoms with Gasteiger partial charge in [-0.15, -0.1) is 0 Å². The summed E-state index contributed by atoms with van der Waals surface area (Å²) in [4.78, 5) is 38.6. The summed E-state index contributed by atoms with van der Waals surface area (Å²) in [5.74, 6) is 0.679. The van der Waals surface area contributed by atoms with Crippen molar-refractivity contribution in [1.82, 2.24) is 10.2 Å². The molecule has 1 aliphatic rings. The van der Waals surface area contributed by atoms with Gasteiger partial charge in [0.1, 0.15) is 30.3 Å². The predicted octanol–water partition coefficient (Wildman–Crippen LogP) is 7.54. The van der Waals surface area contributed by atoms with Crippen LogP contribution in [0.4, 0.5) is 4.79 Å². The van der Waals surface area contributed by atoms with E-state index in [2.05, 4.69) is 5.32 Å². The number of carbonyl (C=O) groups is 3. The van der Waals surface area contributed by atoms with Crippen LogP contribution < -0.4 is 14.8 Å². The molecule has 0 aromatic heterocycles. The van der Waals surface area contributed by atoms with Crippen molar-refractivity contribution in [2.45, 2.75) is 77.6 Å². The Morgan fingerprint density at radius 1 is 0.710 bits per heavy atom. The zero-order chi connectivity index (χ0) is 49.4. The molecule has 376 valence electrons. The minimum atomic E-state index is -1.01. The second kappa shape index (κ2) is 28.8. The lowest BCUT2D eigenvalue weighted by atomic mass is 9.79. The minimum Gasteiger partial charge on any atom is -0.497 e. The fraction of sp³-hybridized carbons (Fsp3) is 0.500. The molecule has 6 atom stereocenters. The molecule has 69 heavy (non-hydrogen) atoms. The van der Waals surface area contributed by atoms with Gasteiger partial charge in [-0.3, -0.25) is 9.59 Å². The number of nitrogens with zero attached hydrogens (tertiary/aromatic N) is 1. The average molecular weight is 957 g/mol. The van der Waals surface area contributed by atoms with Gasteiger partial charge in [-0.2, -0.15) is 0 Å². The third kappa shape index (κ3) is 16.5. The molecule has 15 heteroatoms. The number of hydrogen-bond donors (Lipinski definition) is 2. The number of nitrogens with one attached hydrogen (secondary N) is 1. The molecule has 0 saturated carbocycles. The highest BCUT2D eigenvalue weighted by atomic mass is 16.7. The smallest absolute Gasteiger partial charge is 0.410 e. The largest absolute Gasteiger partial charge is 0.497 e. The van der Waals surface area contributed by atoms with E-state index < -0.39 is 24.0 Å². The number of benzene rings is 4. The van der Waals surface area contributed by atoms with Gasteiger partial charge in [0.05, 0.1) is 66.0 Å². The summed E-state index contributed by atoms with van der Waals surface area (Å²) in [5.41, 5.74) is 2.62. The van der Waals surface area contributed by atoms with Crippen molar-refractivity contribution >= 4 is 18.0 Å². The molecule has 0 bridgehead atoms. The molecule has 1 fully saturated rings. The predicted molar refractivity (Wildman–Crippen MR) is 260 cm³/mol. The van der Waals surface area contributed by atoms with Gasteiger partial charge in [0, 0.05) is 39.5 Å². The Morgan fingerprint density at radius 2 is 1.29 bits per heavy atom. The van der Waals surface area contributed by atoms with Crippen molar-refractivity contribution in [1.29, 1.82) is 0 Å². The molecule has 0 spiro atoms. The lowest BCUT2D eigenvalue weighted by molar-refractivity contribution is -0.247. The van der Waals surface area contributed by atoms with Crippen LogP contribution in [0.15, 0.2) is 109 Å². The van der Waals surface area contributed by atoms with E-state index in [1.807, 2.05) is 123 Å². The Balaban J connectivity index is 1.13. The summed E-state index contributed by atoms with van der Waals surface area (Å²) in [7, 11) is 3.27. The van der Waals surface area contributed by atoms with Crippen molar-refractivity contribution in [2.75, 3.05) is 80.2 Å². The highest BCUT2D eigenvalue weighted by molar-refractivity contribution is 5.73. The van der Waals surface area contributed by atoms with Crippen molar-refractivity contribution in [2.24, 2.45) is 17.8 Å². The molecule has 0 radical (unpaired) electrons. The van der Waals surface area contributed by atoms with Crippen LogP contribution in [0.1, 0.15) is 69.2 Å². The summed E-state index contributed by atoms with van der Waals surface area (Å²) in [6.45, 7) is 9.26. The Bertz CT molecular complexity index is 2040. The molecule has 4 aromatic rings. The maximum atomic E-state index is 13.5. The van der Waals surface area contributed by atoms with E-state index in [0.717, 1.165) is 40.2 Å². The first-order chi connectivity index (χ1) is 33.5. The third-order valence-corrected chi connectivity index (χ3v) is 12.5. The first-order valence-corrected chi connectivity index (χ1v) is 23.9. The molecule has 2 amide bonds. The van der Waals surface area contributed by atoms with Crippen LogP contribution in [0.3, 0.4) is 0 Å². The number of hydrogen-bond acceptors (Lipinski definition) is 13. The van der Waals surface area contributed by atoms with Gasteiger partial charge in [0.15, 0.2) is 6.29 Å². The normalized spacial score (nSPS) is 18.4. The maximum absolute atomic E-state index is 13.5. The Labute approximate surface area is 407 Å². The number of ether oxygens (including phenoxy) is 9. The first kappa shape index (κ1) is 54.4. The van der Waals surface area contributed by atoms with Gasteiger partial charge < -0.3 is 58.0 Å². The van der Waals surface area contributed by atoms with Crippen molar-refractivity contribution in [3.05, 3.63) is 131 Å². The van der Waals surface area contributed by atoms with Crippen molar-refractivity contribution in [3.8, 4) is 11.5 Å². The topological polar surface area (TPSA) is 170 Å². The monoisotopic (exact) mass is 957 g/mol. The fourth-order valence-electron chi connectivity index (χ4n) is 8.37. The highest BCUT2D eigenvalue weighted by Gasteiger charge is 2.43. The van der Waals surface area contributed by atoms with Crippen LogP contribution >= 0.6 is 0 Å². The lowest BCUT2D eigenvalue weighted by Gasteiger charge is -2.44. The number of unbranched alkanes of at least 4 members (excludes halogenated alkanes) is 1. The zero-order valence-corrected chi connectivity index (χ0v) is 41.0. The van der Waals surface area contributed by atoms with Gasteiger partial charge >= 0.3 is 12.1 Å². The summed E-state index contributed by atoms with van der Waals surface area (Å²) < 4.78 is 52.8. The Hall–Kier alpha value is -5.55. The average Bonchev–Trinajstić information content (AvgIpc) is 3.37. The molecule has 4 aromatic carbocycles. The first-order valence-electron chi connectivity index (χ1n) is 23.9. The number of aliphatic hydroxyl groups excluding tert-OH is 1. The standard InChI is InChI=1S/C54H72N2O13/c1-39-40(2)51(55-41(3)58)52(69-50(39)38-66-42(4)59)65-34-33-64-32-31-63-30-29-56(53(60)67-36-43-15-9-7-10-16-43)28-14-13-17-44(35-57)37-68-54(45-18-11-8-12-19-45,46-20-24-48(61-5)25-21-46)47-22-26-49(62-6)27-23-47/h7-12,15-16,18-27,39-40,44,50-52,57H,13-14,17,28-38H2,1-6H3,(H,55,58). The molecule has 0 aliphatic carbocycles. The van der Waals surface area contributed by atoms with E-state index in [0.29, 0.717) is 25.9 Å². The van der Waals surface area contributed by atoms with E-state index in [4.69, 9.17) is 42.6 Å². The molecule has 1 heterocycles. The third-order valence-electron chi connectivity index (χ3n) is 12.5. The number of methoxy groups -OCH3 is 2. The second-order valence-electron chi connectivity index (χ2n) is 17.3. The van der Waals surface area contributed by atoms with Crippen molar-refractivity contribution in [3.63, 3.8) is 0 Å². The van der Waals surface area contributed by atoms with Crippen LogP contribution in [-0.4, -0.2) is 127 Å². The number of aliphatic hydroxyl groups is 1.